The number of aliphatic hydroxyl groups is 1. The number of amides is 3. The van der Waals surface area contributed by atoms with E-state index in [1.165, 1.54) is 0 Å². The van der Waals surface area contributed by atoms with E-state index in [1.807, 2.05) is 23.1 Å². The van der Waals surface area contributed by atoms with E-state index < -0.39 is 6.10 Å². The minimum Gasteiger partial charge on any atom is -0.389 e. The van der Waals surface area contributed by atoms with Gasteiger partial charge in [0.05, 0.1) is 12.1 Å². The van der Waals surface area contributed by atoms with E-state index in [4.69, 9.17) is 0 Å². The van der Waals surface area contributed by atoms with Crippen molar-refractivity contribution in [3.63, 3.8) is 0 Å². The average molecular weight is 415 g/mol. The van der Waals surface area contributed by atoms with Gasteiger partial charge in [-0.2, -0.15) is 0 Å². The van der Waals surface area contributed by atoms with Crippen molar-refractivity contribution >= 4 is 17.7 Å². The minimum absolute atomic E-state index is 0.00130. The van der Waals surface area contributed by atoms with Gasteiger partial charge in [0.2, 0.25) is 11.8 Å². The molecule has 2 N–H and O–H groups in total. The van der Waals surface area contributed by atoms with Gasteiger partial charge in [-0.05, 0) is 30.9 Å². The topological polar surface area (TPSA) is 93.2 Å². The molecule has 2 fully saturated rings. The summed E-state index contributed by atoms with van der Waals surface area (Å²) in [7, 11) is 0. The summed E-state index contributed by atoms with van der Waals surface area (Å²) in [5.41, 5.74) is 1.60. The molecule has 1 aromatic rings. The first-order valence-corrected chi connectivity index (χ1v) is 10.8. The molecule has 1 saturated carbocycles. The lowest BCUT2D eigenvalue weighted by Crippen LogP contribution is -2.61. The van der Waals surface area contributed by atoms with E-state index in [9.17, 15) is 19.5 Å². The van der Waals surface area contributed by atoms with Crippen LogP contribution >= 0.6 is 0 Å². The van der Waals surface area contributed by atoms with Crippen LogP contribution in [0.15, 0.2) is 24.3 Å². The monoisotopic (exact) mass is 414 g/mol. The molecule has 162 valence electrons. The Hall–Kier alpha value is -2.45. The Kier molecular flexibility index (Phi) is 6.06. The minimum atomic E-state index is -0.655. The Bertz CT molecular complexity index is 821. The molecule has 0 unspecified atom stereocenters. The van der Waals surface area contributed by atoms with Gasteiger partial charge in [0, 0.05) is 51.3 Å². The van der Waals surface area contributed by atoms with Crippen LogP contribution in [0, 0.1) is 0 Å². The standard InChI is InChI=1S/C22H30N4O4/c1-15(27)24-9-11-25(12-10-24)19-8-4-7-18(21(19)29)23-20(28)14-26-13-16-5-2-3-6-17(16)22(26)30/h2-3,5-6,18-19,21,29H,4,7-14H2,1H3,(H,23,28)/t18-,19-,21-/m1/s1. The van der Waals surface area contributed by atoms with Crippen LogP contribution in [0.5, 0.6) is 0 Å². The molecule has 2 aliphatic heterocycles. The fraction of sp³-hybridized carbons (Fsp3) is 0.591. The van der Waals surface area contributed by atoms with Crippen molar-refractivity contribution < 1.29 is 19.5 Å². The molecule has 0 aromatic heterocycles. The second-order valence-electron chi connectivity index (χ2n) is 8.52. The highest BCUT2D eigenvalue weighted by atomic mass is 16.3. The van der Waals surface area contributed by atoms with Gasteiger partial charge in [0.15, 0.2) is 0 Å². The number of nitrogens with zero attached hydrogens (tertiary/aromatic N) is 3. The van der Waals surface area contributed by atoms with Gasteiger partial charge in [0.25, 0.3) is 5.91 Å². The maximum Gasteiger partial charge on any atom is 0.254 e. The van der Waals surface area contributed by atoms with Crippen LogP contribution in [-0.4, -0.2) is 88.4 Å². The fourth-order valence-corrected chi connectivity index (χ4v) is 4.95. The second-order valence-corrected chi connectivity index (χ2v) is 8.52. The molecular weight excluding hydrogens is 384 g/mol. The van der Waals surface area contributed by atoms with Crippen LogP contribution in [0.3, 0.4) is 0 Å². The molecule has 3 amide bonds. The molecule has 30 heavy (non-hydrogen) atoms. The van der Waals surface area contributed by atoms with Crippen molar-refractivity contribution in [2.45, 2.75) is 50.9 Å². The number of nitrogens with one attached hydrogen (secondary N) is 1. The van der Waals surface area contributed by atoms with Crippen molar-refractivity contribution in [3.05, 3.63) is 35.4 Å². The number of rotatable bonds is 4. The molecule has 1 aromatic carbocycles. The van der Waals surface area contributed by atoms with Crippen molar-refractivity contribution in [2.75, 3.05) is 32.7 Å². The van der Waals surface area contributed by atoms with Gasteiger partial charge >= 0.3 is 0 Å². The summed E-state index contributed by atoms with van der Waals surface area (Å²) < 4.78 is 0. The lowest BCUT2D eigenvalue weighted by molar-refractivity contribution is -0.132. The molecule has 1 aliphatic carbocycles. The van der Waals surface area contributed by atoms with Crippen LogP contribution in [0.2, 0.25) is 0 Å². The quantitative estimate of drug-likeness (QED) is 0.735. The predicted molar refractivity (Wildman–Crippen MR) is 111 cm³/mol. The van der Waals surface area contributed by atoms with Crippen LogP contribution in [0.4, 0.5) is 0 Å². The third-order valence-electron chi connectivity index (χ3n) is 6.63. The molecule has 8 nitrogen and oxygen atoms in total. The van der Waals surface area contributed by atoms with Gasteiger partial charge in [-0.1, -0.05) is 18.2 Å². The highest BCUT2D eigenvalue weighted by Crippen LogP contribution is 2.26. The summed E-state index contributed by atoms with van der Waals surface area (Å²) in [5.74, 6) is -0.268. The summed E-state index contributed by atoms with van der Waals surface area (Å²) in [6.07, 6.45) is 1.88. The van der Waals surface area contributed by atoms with Crippen molar-refractivity contribution in [1.82, 2.24) is 20.0 Å². The Morgan fingerprint density at radius 2 is 1.87 bits per heavy atom. The molecule has 3 atom stereocenters. The lowest BCUT2D eigenvalue weighted by Gasteiger charge is -2.45. The largest absolute Gasteiger partial charge is 0.389 e. The number of fused-ring (bicyclic) bond motifs is 1. The van der Waals surface area contributed by atoms with Gasteiger partial charge < -0.3 is 20.2 Å². The summed E-state index contributed by atoms with van der Waals surface area (Å²) in [6.45, 7) is 4.85. The van der Waals surface area contributed by atoms with Gasteiger partial charge in [-0.15, -0.1) is 0 Å². The van der Waals surface area contributed by atoms with E-state index in [0.29, 0.717) is 25.2 Å². The molecule has 1 saturated heterocycles. The maximum atomic E-state index is 12.6. The zero-order chi connectivity index (χ0) is 21.3. The molecule has 3 aliphatic rings. The van der Waals surface area contributed by atoms with E-state index >= 15 is 0 Å². The number of hydrogen-bond donors (Lipinski definition) is 2. The number of aliphatic hydroxyl groups excluding tert-OH is 1. The van der Waals surface area contributed by atoms with Crippen molar-refractivity contribution in [2.24, 2.45) is 0 Å². The highest BCUT2D eigenvalue weighted by molar-refractivity contribution is 6.00. The molecule has 8 heteroatoms. The van der Waals surface area contributed by atoms with Crippen molar-refractivity contribution in [1.29, 1.82) is 0 Å². The average Bonchev–Trinajstić information content (AvgIpc) is 3.05. The number of carbonyl (C=O) groups excluding carboxylic acids is 3. The Morgan fingerprint density at radius 3 is 2.57 bits per heavy atom. The predicted octanol–water partition coefficient (Wildman–Crippen LogP) is 0.205. The summed E-state index contributed by atoms with van der Waals surface area (Å²) in [6, 6.07) is 7.08. The zero-order valence-corrected chi connectivity index (χ0v) is 17.4. The van der Waals surface area contributed by atoms with E-state index in [1.54, 1.807) is 17.9 Å². The van der Waals surface area contributed by atoms with Gasteiger partial charge in [0.1, 0.15) is 6.54 Å². The highest BCUT2D eigenvalue weighted by Gasteiger charge is 2.38. The van der Waals surface area contributed by atoms with Gasteiger partial charge in [-0.25, -0.2) is 0 Å². The van der Waals surface area contributed by atoms with Crippen LogP contribution in [-0.2, 0) is 16.1 Å². The summed E-state index contributed by atoms with van der Waals surface area (Å²) in [4.78, 5) is 42.3. The normalized spacial score (nSPS) is 27.1. The lowest BCUT2D eigenvalue weighted by atomic mass is 9.86. The first kappa shape index (κ1) is 20.8. The SMILES string of the molecule is CC(=O)N1CCN([C@@H]2CCC[C@@H](NC(=O)CN3Cc4ccccc4C3=O)[C@H]2O)CC1. The molecule has 2 heterocycles. The molecular formula is C22H30N4O4. The van der Waals surface area contributed by atoms with Crippen LogP contribution in [0.25, 0.3) is 0 Å². The Morgan fingerprint density at radius 1 is 1.13 bits per heavy atom. The van der Waals surface area contributed by atoms with Crippen molar-refractivity contribution in [3.8, 4) is 0 Å². The smallest absolute Gasteiger partial charge is 0.254 e. The summed E-state index contributed by atoms with van der Waals surface area (Å²) >= 11 is 0. The second kappa shape index (κ2) is 8.73. The van der Waals surface area contributed by atoms with Gasteiger partial charge in [-0.3, -0.25) is 19.3 Å². The molecule has 0 spiro atoms. The van der Waals surface area contributed by atoms with E-state index in [2.05, 4.69) is 10.2 Å². The molecule has 0 bridgehead atoms. The summed E-state index contributed by atoms with van der Waals surface area (Å²) in [5, 5.41) is 13.9. The first-order valence-electron chi connectivity index (χ1n) is 10.8. The number of carbonyl (C=O) groups is 3. The maximum absolute atomic E-state index is 12.6. The van der Waals surface area contributed by atoms with Crippen LogP contribution in [0.1, 0.15) is 42.1 Å². The first-order chi connectivity index (χ1) is 14.4. The Balaban J connectivity index is 1.31. The fourth-order valence-electron chi connectivity index (χ4n) is 4.95. The third kappa shape index (κ3) is 4.20. The van der Waals surface area contributed by atoms with Crippen LogP contribution < -0.4 is 5.32 Å². The zero-order valence-electron chi connectivity index (χ0n) is 17.4. The third-order valence-corrected chi connectivity index (χ3v) is 6.63. The number of hydrogen-bond acceptors (Lipinski definition) is 5. The number of benzene rings is 1. The number of piperazine rings is 1. The molecule has 4 rings (SSSR count). The Labute approximate surface area is 176 Å². The molecule has 0 radical (unpaired) electrons. The van der Waals surface area contributed by atoms with E-state index in [0.717, 1.165) is 37.9 Å². The van der Waals surface area contributed by atoms with E-state index in [-0.39, 0.29) is 36.3 Å².